The summed E-state index contributed by atoms with van der Waals surface area (Å²) in [7, 11) is 0. The van der Waals surface area contributed by atoms with Crippen molar-refractivity contribution in [3.8, 4) is 16.3 Å². The minimum atomic E-state index is 0.287. The summed E-state index contributed by atoms with van der Waals surface area (Å²) >= 11 is 1.69. The lowest BCUT2D eigenvalue weighted by Crippen LogP contribution is -2.19. The number of nitrogens with one attached hydrogen (secondary N) is 1. The lowest BCUT2D eigenvalue weighted by molar-refractivity contribution is 0.223. The summed E-state index contributed by atoms with van der Waals surface area (Å²) in [5.41, 5.74) is 2.12. The van der Waals surface area contributed by atoms with Crippen LogP contribution in [0.25, 0.3) is 20.8 Å². The number of rotatable bonds is 3. The van der Waals surface area contributed by atoms with Crippen LogP contribution in [0.15, 0.2) is 42.7 Å². The monoisotopic (exact) mass is 297 g/mol. The van der Waals surface area contributed by atoms with E-state index in [-0.39, 0.29) is 6.10 Å². The summed E-state index contributed by atoms with van der Waals surface area (Å²) in [4.78, 5) is 8.73. The molecule has 4 rings (SSSR count). The number of nitrogens with zero attached hydrogens (tertiary/aromatic N) is 2. The molecule has 1 aromatic carbocycles. The van der Waals surface area contributed by atoms with Crippen molar-refractivity contribution in [3.63, 3.8) is 0 Å². The van der Waals surface area contributed by atoms with E-state index in [4.69, 9.17) is 4.74 Å². The standard InChI is InChI=1S/C16H15N3OS/c1-2-14-15(9-12(1)20-13-5-8-18-10-13)21-16(19-14)11-3-6-17-7-4-11/h1-4,6-7,9,13,18H,5,8,10H2. The molecule has 0 radical (unpaired) electrons. The van der Waals surface area contributed by atoms with Crippen LogP contribution in [0.4, 0.5) is 0 Å². The van der Waals surface area contributed by atoms with Gasteiger partial charge in [0.15, 0.2) is 0 Å². The fourth-order valence-electron chi connectivity index (χ4n) is 2.52. The molecule has 21 heavy (non-hydrogen) atoms. The average molecular weight is 297 g/mol. The molecule has 5 heteroatoms. The van der Waals surface area contributed by atoms with Crippen molar-refractivity contribution >= 4 is 21.6 Å². The van der Waals surface area contributed by atoms with Gasteiger partial charge in [0.2, 0.25) is 0 Å². The normalized spacial score (nSPS) is 18.2. The van der Waals surface area contributed by atoms with Gasteiger partial charge in [-0.3, -0.25) is 4.98 Å². The minimum Gasteiger partial charge on any atom is -0.489 e. The predicted molar refractivity (Wildman–Crippen MR) is 84.8 cm³/mol. The molecule has 0 amide bonds. The van der Waals surface area contributed by atoms with Crippen LogP contribution >= 0.6 is 11.3 Å². The van der Waals surface area contributed by atoms with E-state index in [0.717, 1.165) is 46.0 Å². The van der Waals surface area contributed by atoms with Crippen LogP contribution in [0.2, 0.25) is 0 Å². The van der Waals surface area contributed by atoms with Gasteiger partial charge < -0.3 is 10.1 Å². The molecule has 1 fully saturated rings. The lowest BCUT2D eigenvalue weighted by atomic mass is 10.3. The third-order valence-electron chi connectivity index (χ3n) is 3.61. The van der Waals surface area contributed by atoms with Gasteiger partial charge in [-0.05, 0) is 43.3 Å². The van der Waals surface area contributed by atoms with Gasteiger partial charge in [-0.1, -0.05) is 0 Å². The van der Waals surface area contributed by atoms with Crippen molar-refractivity contribution in [1.29, 1.82) is 0 Å². The summed E-state index contributed by atoms with van der Waals surface area (Å²) < 4.78 is 7.16. The van der Waals surface area contributed by atoms with Crippen LogP contribution in [0.3, 0.4) is 0 Å². The van der Waals surface area contributed by atoms with Gasteiger partial charge in [0, 0.05) is 24.5 Å². The van der Waals surface area contributed by atoms with E-state index in [1.165, 1.54) is 0 Å². The summed E-state index contributed by atoms with van der Waals surface area (Å²) in [6.07, 6.45) is 4.95. The highest BCUT2D eigenvalue weighted by Crippen LogP contribution is 2.32. The zero-order valence-corrected chi connectivity index (χ0v) is 12.3. The second-order valence-corrected chi connectivity index (χ2v) is 6.15. The molecule has 1 N–H and O–H groups in total. The molecule has 106 valence electrons. The maximum Gasteiger partial charge on any atom is 0.124 e. The lowest BCUT2D eigenvalue weighted by Gasteiger charge is -2.11. The van der Waals surface area contributed by atoms with Crippen LogP contribution in [-0.4, -0.2) is 29.2 Å². The Morgan fingerprint density at radius 2 is 2.10 bits per heavy atom. The maximum atomic E-state index is 6.00. The van der Waals surface area contributed by atoms with E-state index >= 15 is 0 Å². The first-order valence-corrected chi connectivity index (χ1v) is 7.88. The van der Waals surface area contributed by atoms with Crippen molar-refractivity contribution in [2.24, 2.45) is 0 Å². The number of hydrogen-bond acceptors (Lipinski definition) is 5. The Bertz CT molecular complexity index is 751. The van der Waals surface area contributed by atoms with Crippen LogP contribution in [-0.2, 0) is 0 Å². The molecule has 0 aliphatic carbocycles. The third-order valence-corrected chi connectivity index (χ3v) is 4.67. The van der Waals surface area contributed by atoms with E-state index in [1.54, 1.807) is 23.7 Å². The Kier molecular flexibility index (Phi) is 3.29. The molecule has 1 saturated heterocycles. The minimum absolute atomic E-state index is 0.287. The largest absolute Gasteiger partial charge is 0.489 e. The number of pyridine rings is 1. The van der Waals surface area contributed by atoms with Crippen molar-refractivity contribution in [1.82, 2.24) is 15.3 Å². The van der Waals surface area contributed by atoms with E-state index in [1.807, 2.05) is 24.3 Å². The molecule has 0 spiro atoms. The number of benzene rings is 1. The van der Waals surface area contributed by atoms with E-state index < -0.39 is 0 Å². The van der Waals surface area contributed by atoms with Gasteiger partial charge in [0.05, 0.1) is 10.2 Å². The van der Waals surface area contributed by atoms with E-state index in [2.05, 4.69) is 21.4 Å². The second kappa shape index (κ2) is 5.42. The quantitative estimate of drug-likeness (QED) is 0.807. The Morgan fingerprint density at radius 3 is 2.90 bits per heavy atom. The number of hydrogen-bond donors (Lipinski definition) is 1. The predicted octanol–water partition coefficient (Wildman–Crippen LogP) is 3.10. The number of aromatic nitrogens is 2. The van der Waals surface area contributed by atoms with Crippen LogP contribution in [0.5, 0.6) is 5.75 Å². The van der Waals surface area contributed by atoms with Crippen LogP contribution < -0.4 is 10.1 Å². The molecule has 1 aliphatic rings. The average Bonchev–Trinajstić information content (AvgIpc) is 3.17. The zero-order valence-electron chi connectivity index (χ0n) is 11.5. The molecule has 1 atom stereocenters. The Hall–Kier alpha value is -1.98. The Balaban J connectivity index is 1.65. The summed E-state index contributed by atoms with van der Waals surface area (Å²) in [5.74, 6) is 0.932. The topological polar surface area (TPSA) is 47.0 Å². The first-order valence-electron chi connectivity index (χ1n) is 7.07. The summed E-state index contributed by atoms with van der Waals surface area (Å²) in [5, 5.41) is 4.34. The van der Waals surface area contributed by atoms with Crippen LogP contribution in [0.1, 0.15) is 6.42 Å². The van der Waals surface area contributed by atoms with Crippen molar-refractivity contribution < 1.29 is 4.74 Å². The Labute approximate surface area is 126 Å². The summed E-state index contributed by atoms with van der Waals surface area (Å²) in [6.45, 7) is 1.97. The molecule has 4 nitrogen and oxygen atoms in total. The van der Waals surface area contributed by atoms with Gasteiger partial charge in [-0.15, -0.1) is 11.3 Å². The summed E-state index contributed by atoms with van der Waals surface area (Å²) in [6, 6.07) is 10.1. The molecular formula is C16H15N3OS. The molecule has 2 aromatic heterocycles. The zero-order chi connectivity index (χ0) is 14.1. The first-order chi connectivity index (χ1) is 10.4. The molecule has 1 aliphatic heterocycles. The molecular weight excluding hydrogens is 282 g/mol. The molecule has 0 bridgehead atoms. The van der Waals surface area contributed by atoms with E-state index in [9.17, 15) is 0 Å². The van der Waals surface area contributed by atoms with Gasteiger partial charge in [0.25, 0.3) is 0 Å². The number of fused-ring (bicyclic) bond motifs is 1. The molecule has 3 heterocycles. The van der Waals surface area contributed by atoms with Gasteiger partial charge in [0.1, 0.15) is 16.9 Å². The second-order valence-electron chi connectivity index (χ2n) is 5.12. The SMILES string of the molecule is c1cc(-c2nc3ccc(OC4CCNC4)cc3s2)ccn1. The van der Waals surface area contributed by atoms with Crippen molar-refractivity contribution in [3.05, 3.63) is 42.7 Å². The van der Waals surface area contributed by atoms with Crippen LogP contribution in [0, 0.1) is 0 Å². The van der Waals surface area contributed by atoms with Crippen molar-refractivity contribution in [2.75, 3.05) is 13.1 Å². The molecule has 0 saturated carbocycles. The van der Waals surface area contributed by atoms with Gasteiger partial charge in [-0.25, -0.2) is 4.98 Å². The highest BCUT2D eigenvalue weighted by atomic mass is 32.1. The van der Waals surface area contributed by atoms with Crippen molar-refractivity contribution in [2.45, 2.75) is 12.5 Å². The molecule has 1 unspecified atom stereocenters. The smallest absolute Gasteiger partial charge is 0.124 e. The van der Waals surface area contributed by atoms with Gasteiger partial charge >= 0.3 is 0 Å². The highest BCUT2D eigenvalue weighted by Gasteiger charge is 2.16. The maximum absolute atomic E-state index is 6.00. The number of ether oxygens (including phenoxy) is 1. The Morgan fingerprint density at radius 1 is 1.19 bits per heavy atom. The fourth-order valence-corrected chi connectivity index (χ4v) is 3.52. The van der Waals surface area contributed by atoms with E-state index in [0.29, 0.717) is 0 Å². The first kappa shape index (κ1) is 12.7. The third kappa shape index (κ3) is 2.62. The molecule has 3 aromatic rings. The fraction of sp³-hybridized carbons (Fsp3) is 0.250. The highest BCUT2D eigenvalue weighted by molar-refractivity contribution is 7.21. The number of thiazole rings is 1. The van der Waals surface area contributed by atoms with Gasteiger partial charge in [-0.2, -0.15) is 0 Å².